The van der Waals surface area contributed by atoms with Gasteiger partial charge in [0, 0.05) is 18.3 Å². The first kappa shape index (κ1) is 29.0. The SMILES string of the molecule is COC(=O)/C=C/CC[C@H](NC(=O)[C@@H]1CCCN1C)C(=O)Nc1cccn(CC(=O)NC2C3CC4CC(C3)C2C4)c1=O. The molecular formula is C30H41N5O6. The summed E-state index contributed by atoms with van der Waals surface area (Å²) in [7, 11) is 3.15. The molecule has 1 aromatic rings. The number of methoxy groups -OCH3 is 1. The summed E-state index contributed by atoms with van der Waals surface area (Å²) in [5.74, 6) is 1.15. The Morgan fingerprint density at radius 1 is 1.15 bits per heavy atom. The second-order valence-corrected chi connectivity index (χ2v) is 12.1. The van der Waals surface area contributed by atoms with Gasteiger partial charge in [-0.3, -0.25) is 24.1 Å². The third-order valence-corrected chi connectivity index (χ3v) is 9.51. The summed E-state index contributed by atoms with van der Waals surface area (Å²) in [6.45, 7) is 0.677. The van der Waals surface area contributed by atoms with E-state index in [1.54, 1.807) is 12.1 Å². The predicted octanol–water partition coefficient (Wildman–Crippen LogP) is 1.43. The van der Waals surface area contributed by atoms with Crippen LogP contribution >= 0.6 is 0 Å². The van der Waals surface area contributed by atoms with Crippen LogP contribution < -0.4 is 21.5 Å². The minimum atomic E-state index is -0.928. The first-order valence-electron chi connectivity index (χ1n) is 14.8. The molecule has 5 aliphatic rings. The van der Waals surface area contributed by atoms with Crippen LogP contribution in [0.3, 0.4) is 0 Å². The van der Waals surface area contributed by atoms with Gasteiger partial charge in [0.1, 0.15) is 18.3 Å². The van der Waals surface area contributed by atoms with E-state index in [0.717, 1.165) is 24.8 Å². The number of likely N-dealkylation sites (tertiary alicyclic amines) is 1. The van der Waals surface area contributed by atoms with Gasteiger partial charge in [0.05, 0.1) is 13.2 Å². The number of esters is 1. The van der Waals surface area contributed by atoms with Gasteiger partial charge >= 0.3 is 5.97 Å². The first-order chi connectivity index (χ1) is 19.7. The zero-order valence-corrected chi connectivity index (χ0v) is 23.8. The van der Waals surface area contributed by atoms with Crippen molar-refractivity contribution in [1.82, 2.24) is 20.1 Å². The Bertz CT molecular complexity index is 1260. The predicted molar refractivity (Wildman–Crippen MR) is 152 cm³/mol. The highest BCUT2D eigenvalue weighted by Gasteiger charge is 2.54. The fourth-order valence-electron chi connectivity index (χ4n) is 7.61. The second-order valence-electron chi connectivity index (χ2n) is 12.1. The van der Waals surface area contributed by atoms with Gasteiger partial charge in [-0.15, -0.1) is 0 Å². The lowest BCUT2D eigenvalue weighted by atomic mass is 9.79. The number of ether oxygens (including phenoxy) is 1. The number of carbonyl (C=O) groups excluding carboxylic acids is 4. The molecule has 0 radical (unpaired) electrons. The molecule has 1 aliphatic heterocycles. The van der Waals surface area contributed by atoms with E-state index in [1.165, 1.54) is 55.7 Å². The van der Waals surface area contributed by atoms with E-state index in [-0.39, 0.29) is 42.6 Å². The van der Waals surface area contributed by atoms with E-state index in [2.05, 4.69) is 20.7 Å². The molecule has 11 nitrogen and oxygen atoms in total. The molecule has 2 heterocycles. The average Bonchev–Trinajstić information content (AvgIpc) is 3.58. The van der Waals surface area contributed by atoms with E-state index < -0.39 is 23.5 Å². The largest absolute Gasteiger partial charge is 0.466 e. The minimum Gasteiger partial charge on any atom is -0.466 e. The Hall–Kier alpha value is -3.47. The van der Waals surface area contributed by atoms with E-state index in [4.69, 9.17) is 0 Å². The fraction of sp³-hybridized carbons (Fsp3) is 0.633. The number of amides is 3. The first-order valence-corrected chi connectivity index (χ1v) is 14.8. The number of hydrogen-bond acceptors (Lipinski definition) is 7. The number of nitrogens with zero attached hydrogens (tertiary/aromatic N) is 2. The summed E-state index contributed by atoms with van der Waals surface area (Å²) in [6.07, 6.45) is 11.4. The van der Waals surface area contributed by atoms with E-state index >= 15 is 0 Å². The summed E-state index contributed by atoms with van der Waals surface area (Å²) < 4.78 is 5.90. The Kier molecular flexibility index (Phi) is 8.91. The minimum absolute atomic E-state index is 0.0335. The maximum atomic E-state index is 13.3. The normalized spacial score (nSPS) is 29.0. The third kappa shape index (κ3) is 6.55. The quantitative estimate of drug-likeness (QED) is 0.272. The van der Waals surface area contributed by atoms with Gasteiger partial charge in [-0.25, -0.2) is 4.79 Å². The smallest absolute Gasteiger partial charge is 0.330 e. The molecule has 1 saturated heterocycles. The molecule has 4 aliphatic carbocycles. The molecule has 1 aromatic heterocycles. The summed E-state index contributed by atoms with van der Waals surface area (Å²) >= 11 is 0. The highest BCUT2D eigenvalue weighted by atomic mass is 16.5. The molecule has 0 spiro atoms. The molecule has 3 N–H and O–H groups in total. The van der Waals surface area contributed by atoms with Crippen LogP contribution in [0.25, 0.3) is 0 Å². The lowest BCUT2D eigenvalue weighted by Gasteiger charge is -2.32. The molecule has 5 unspecified atom stereocenters. The standard InChI is InChI=1S/C30H41N5O6/c1-34-11-6-9-24(34)29(39)31-22(7-3-4-10-26(37)41-2)28(38)32-23-8-5-12-35(30(23)40)17-25(36)33-27-20-14-18-13-19(16-20)21(27)15-18/h4-5,8,10,12,18-22,24,27H,3,6-7,9,11,13-17H2,1-2H3,(H,31,39)(H,32,38)(H,33,36)/b10-4+/t18?,19?,20?,21?,22-,24-,27?/m0/s1. The molecule has 7 atom stereocenters. The Morgan fingerprint density at radius 3 is 2.68 bits per heavy atom. The van der Waals surface area contributed by atoms with Gasteiger partial charge < -0.3 is 25.3 Å². The van der Waals surface area contributed by atoms with Crippen LogP contribution in [0.15, 0.2) is 35.3 Å². The highest BCUT2D eigenvalue weighted by Crippen LogP contribution is 2.58. The molecule has 0 aromatic carbocycles. The topological polar surface area (TPSA) is 139 Å². The number of pyridine rings is 1. The maximum Gasteiger partial charge on any atom is 0.330 e. The van der Waals surface area contributed by atoms with Crippen molar-refractivity contribution in [3.8, 4) is 0 Å². The van der Waals surface area contributed by atoms with Crippen molar-refractivity contribution in [1.29, 1.82) is 0 Å². The monoisotopic (exact) mass is 567 g/mol. The average molecular weight is 568 g/mol. The number of allylic oxidation sites excluding steroid dienone is 1. The van der Waals surface area contributed by atoms with Crippen molar-refractivity contribution >= 4 is 29.4 Å². The van der Waals surface area contributed by atoms with Crippen molar-refractivity contribution in [2.75, 3.05) is 26.0 Å². The van der Waals surface area contributed by atoms with Crippen molar-refractivity contribution in [3.05, 3.63) is 40.8 Å². The van der Waals surface area contributed by atoms with Gasteiger partial charge in [0.15, 0.2) is 0 Å². The molecule has 4 bridgehead atoms. The molecule has 222 valence electrons. The van der Waals surface area contributed by atoms with Crippen LogP contribution in [0.2, 0.25) is 0 Å². The molecule has 4 saturated carbocycles. The Morgan fingerprint density at radius 2 is 1.95 bits per heavy atom. The van der Waals surface area contributed by atoms with Crippen molar-refractivity contribution in [3.63, 3.8) is 0 Å². The van der Waals surface area contributed by atoms with Crippen LogP contribution in [-0.2, 0) is 30.5 Å². The summed E-state index contributed by atoms with van der Waals surface area (Å²) in [5, 5.41) is 8.70. The fourth-order valence-corrected chi connectivity index (χ4v) is 7.61. The number of rotatable bonds is 11. The molecule has 5 fully saturated rings. The molecular weight excluding hydrogens is 526 g/mol. The highest BCUT2D eigenvalue weighted by molar-refractivity contribution is 5.97. The van der Waals surface area contributed by atoms with Gasteiger partial charge in [-0.1, -0.05) is 6.08 Å². The Balaban J connectivity index is 1.22. The van der Waals surface area contributed by atoms with Crippen molar-refractivity contribution < 1.29 is 23.9 Å². The number of likely N-dealkylation sites (N-methyl/N-ethyl adjacent to an activating group) is 1. The zero-order chi connectivity index (χ0) is 29.1. The lowest BCUT2D eigenvalue weighted by Crippen LogP contribution is -2.50. The number of hydrogen-bond donors (Lipinski definition) is 3. The van der Waals surface area contributed by atoms with E-state index in [0.29, 0.717) is 24.7 Å². The van der Waals surface area contributed by atoms with E-state index in [1.807, 2.05) is 11.9 Å². The Labute approximate surface area is 240 Å². The molecule has 11 heteroatoms. The number of anilines is 1. The third-order valence-electron chi connectivity index (χ3n) is 9.51. The summed E-state index contributed by atoms with van der Waals surface area (Å²) in [5.41, 5.74) is -0.456. The number of aromatic nitrogens is 1. The van der Waals surface area contributed by atoms with Gasteiger partial charge in [-0.05, 0) is 101 Å². The summed E-state index contributed by atoms with van der Waals surface area (Å²) in [6, 6.07) is 2.05. The van der Waals surface area contributed by atoms with Gasteiger partial charge in [0.25, 0.3) is 5.56 Å². The molecule has 3 amide bonds. The van der Waals surface area contributed by atoms with Crippen LogP contribution in [0.1, 0.15) is 51.4 Å². The number of carbonyl (C=O) groups is 4. The van der Waals surface area contributed by atoms with Gasteiger partial charge in [0.2, 0.25) is 17.7 Å². The zero-order valence-electron chi connectivity index (χ0n) is 23.8. The number of nitrogens with one attached hydrogen (secondary N) is 3. The van der Waals surface area contributed by atoms with Gasteiger partial charge in [-0.2, -0.15) is 0 Å². The van der Waals surface area contributed by atoms with Crippen LogP contribution in [-0.4, -0.2) is 72.0 Å². The van der Waals surface area contributed by atoms with Crippen molar-refractivity contribution in [2.45, 2.75) is 76.0 Å². The molecule has 41 heavy (non-hydrogen) atoms. The van der Waals surface area contributed by atoms with Crippen LogP contribution in [0, 0.1) is 23.7 Å². The van der Waals surface area contributed by atoms with Crippen molar-refractivity contribution in [2.24, 2.45) is 23.7 Å². The van der Waals surface area contributed by atoms with Crippen LogP contribution in [0.4, 0.5) is 5.69 Å². The van der Waals surface area contributed by atoms with Crippen LogP contribution in [0.5, 0.6) is 0 Å². The summed E-state index contributed by atoms with van der Waals surface area (Å²) in [4.78, 5) is 65.8. The van der Waals surface area contributed by atoms with E-state index in [9.17, 15) is 24.0 Å². The maximum absolute atomic E-state index is 13.3. The molecule has 6 rings (SSSR count). The lowest BCUT2D eigenvalue weighted by molar-refractivity contribution is -0.135. The second kappa shape index (κ2) is 12.6.